The maximum atomic E-state index is 10.9. The third kappa shape index (κ3) is 4.39. The average Bonchev–Trinajstić information content (AvgIpc) is 2.15. The van der Waals surface area contributed by atoms with E-state index in [1.54, 1.807) is 0 Å². The van der Waals surface area contributed by atoms with Crippen LogP contribution in [0, 0.1) is 0 Å². The third-order valence-electron chi connectivity index (χ3n) is 2.38. The highest BCUT2D eigenvalue weighted by Crippen LogP contribution is 2.05. The molecule has 0 spiro atoms. The van der Waals surface area contributed by atoms with E-state index < -0.39 is 0 Å². The molecule has 0 aromatic rings. The number of hydrogen-bond acceptors (Lipinski definition) is 3. The molecule has 1 heterocycles. The molecule has 0 atom stereocenters. The van der Waals surface area contributed by atoms with Crippen molar-refractivity contribution in [2.45, 2.75) is 26.2 Å². The molecular formula is C10H19NO2. The van der Waals surface area contributed by atoms with Crippen LogP contribution >= 0.6 is 0 Å². The van der Waals surface area contributed by atoms with Crippen molar-refractivity contribution in [2.75, 3.05) is 32.8 Å². The fourth-order valence-electron chi connectivity index (χ4n) is 1.56. The number of likely N-dealkylation sites (tertiary alicyclic amines) is 1. The minimum Gasteiger partial charge on any atom is -0.382 e. The van der Waals surface area contributed by atoms with Gasteiger partial charge < -0.3 is 9.64 Å². The topological polar surface area (TPSA) is 29.5 Å². The Morgan fingerprint density at radius 1 is 1.38 bits per heavy atom. The molecule has 1 aliphatic heterocycles. The van der Waals surface area contributed by atoms with Crippen LogP contribution in [0.5, 0.6) is 0 Å². The molecule has 0 bridgehead atoms. The van der Waals surface area contributed by atoms with Gasteiger partial charge in [-0.2, -0.15) is 0 Å². The number of hydrogen-bond donors (Lipinski definition) is 0. The first kappa shape index (κ1) is 10.7. The Bertz CT molecular complexity index is 149. The van der Waals surface area contributed by atoms with E-state index >= 15 is 0 Å². The maximum absolute atomic E-state index is 10.9. The van der Waals surface area contributed by atoms with Gasteiger partial charge in [0.2, 0.25) is 0 Å². The van der Waals surface area contributed by atoms with E-state index in [2.05, 4.69) is 4.90 Å². The lowest BCUT2D eigenvalue weighted by Gasteiger charge is -2.25. The quantitative estimate of drug-likeness (QED) is 0.600. The van der Waals surface area contributed by atoms with Gasteiger partial charge in [0.1, 0.15) is 5.78 Å². The van der Waals surface area contributed by atoms with Gasteiger partial charge in [-0.1, -0.05) is 0 Å². The van der Waals surface area contributed by atoms with E-state index in [-0.39, 0.29) is 0 Å². The van der Waals surface area contributed by atoms with Crippen molar-refractivity contribution in [2.24, 2.45) is 0 Å². The molecule has 1 rings (SSSR count). The molecule has 0 aromatic carbocycles. The van der Waals surface area contributed by atoms with E-state index in [0.29, 0.717) is 5.78 Å². The molecule has 3 nitrogen and oxygen atoms in total. The lowest BCUT2D eigenvalue weighted by atomic mass is 10.1. The summed E-state index contributed by atoms with van der Waals surface area (Å²) in [5.74, 6) is 0.418. The lowest BCUT2D eigenvalue weighted by Crippen LogP contribution is -2.34. The van der Waals surface area contributed by atoms with Crippen molar-refractivity contribution in [3.05, 3.63) is 0 Å². The molecule has 0 unspecified atom stereocenters. The normalized spacial score (nSPS) is 19.3. The largest absolute Gasteiger partial charge is 0.382 e. The van der Waals surface area contributed by atoms with Crippen LogP contribution < -0.4 is 0 Å². The smallest absolute Gasteiger partial charge is 0.135 e. The van der Waals surface area contributed by atoms with Crippen LogP contribution in [0.25, 0.3) is 0 Å². The molecular weight excluding hydrogens is 166 g/mol. The predicted octanol–water partition coefficient (Wildman–Crippen LogP) is 1.08. The second-order valence-corrected chi connectivity index (χ2v) is 3.43. The second-order valence-electron chi connectivity index (χ2n) is 3.43. The number of nitrogens with zero attached hydrogens (tertiary/aromatic N) is 1. The maximum Gasteiger partial charge on any atom is 0.135 e. The summed E-state index contributed by atoms with van der Waals surface area (Å²) in [6.45, 7) is 6.64. The monoisotopic (exact) mass is 185 g/mol. The number of Topliss-reactive ketones (excluding diaryl/α,β-unsaturated/α-hetero) is 1. The first-order chi connectivity index (χ1) is 6.33. The van der Waals surface area contributed by atoms with Crippen molar-refractivity contribution in [1.29, 1.82) is 0 Å². The molecule has 3 heteroatoms. The fraction of sp³-hybridized carbons (Fsp3) is 0.900. The van der Waals surface area contributed by atoms with Crippen LogP contribution in [0.15, 0.2) is 0 Å². The number of piperidine rings is 1. The van der Waals surface area contributed by atoms with E-state index in [1.807, 2.05) is 6.92 Å². The summed E-state index contributed by atoms with van der Waals surface area (Å²) >= 11 is 0. The second kappa shape index (κ2) is 6.11. The van der Waals surface area contributed by atoms with E-state index in [4.69, 9.17) is 4.74 Å². The van der Waals surface area contributed by atoms with Crippen molar-refractivity contribution >= 4 is 5.78 Å². The van der Waals surface area contributed by atoms with Crippen molar-refractivity contribution in [1.82, 2.24) is 4.90 Å². The van der Waals surface area contributed by atoms with E-state index in [1.165, 1.54) is 0 Å². The van der Waals surface area contributed by atoms with Gasteiger partial charge in [0.05, 0.1) is 0 Å². The number of carbonyl (C=O) groups is 1. The van der Waals surface area contributed by atoms with Crippen LogP contribution in [-0.4, -0.2) is 43.5 Å². The van der Waals surface area contributed by atoms with Gasteiger partial charge in [0.25, 0.3) is 0 Å². The Labute approximate surface area is 80.1 Å². The number of ether oxygens (including phenoxy) is 1. The lowest BCUT2D eigenvalue weighted by molar-refractivity contribution is -0.121. The summed E-state index contributed by atoms with van der Waals surface area (Å²) in [6.07, 6.45) is 2.57. The minimum atomic E-state index is 0.418. The Morgan fingerprint density at radius 2 is 2.08 bits per heavy atom. The zero-order valence-electron chi connectivity index (χ0n) is 8.42. The van der Waals surface area contributed by atoms with Crippen molar-refractivity contribution in [3.63, 3.8) is 0 Å². The Morgan fingerprint density at radius 3 is 2.69 bits per heavy atom. The Kier molecular flexibility index (Phi) is 5.01. The van der Waals surface area contributed by atoms with Gasteiger partial charge >= 0.3 is 0 Å². The van der Waals surface area contributed by atoms with Crippen LogP contribution in [0.4, 0.5) is 0 Å². The fourth-order valence-corrected chi connectivity index (χ4v) is 1.56. The summed E-state index contributed by atoms with van der Waals surface area (Å²) in [5.41, 5.74) is 0. The summed E-state index contributed by atoms with van der Waals surface area (Å²) in [6, 6.07) is 0. The van der Waals surface area contributed by atoms with Crippen LogP contribution in [-0.2, 0) is 9.53 Å². The molecule has 1 aliphatic rings. The average molecular weight is 185 g/mol. The molecule has 76 valence electrons. The van der Waals surface area contributed by atoms with Crippen LogP contribution in [0.2, 0.25) is 0 Å². The van der Waals surface area contributed by atoms with Gasteiger partial charge in [0, 0.05) is 45.7 Å². The highest BCUT2D eigenvalue weighted by molar-refractivity contribution is 5.79. The molecule has 0 aliphatic carbocycles. The summed E-state index contributed by atoms with van der Waals surface area (Å²) in [5, 5.41) is 0. The standard InChI is InChI=1S/C10H19NO2/c1-2-13-9-3-6-11-7-4-10(12)5-8-11/h2-9H2,1H3. The van der Waals surface area contributed by atoms with Crippen molar-refractivity contribution in [3.8, 4) is 0 Å². The van der Waals surface area contributed by atoms with Crippen LogP contribution in [0.1, 0.15) is 26.2 Å². The molecule has 0 N–H and O–H groups in total. The zero-order chi connectivity index (χ0) is 9.52. The molecule has 0 aromatic heterocycles. The van der Waals surface area contributed by atoms with Gasteiger partial charge in [-0.05, 0) is 13.3 Å². The molecule has 1 saturated heterocycles. The van der Waals surface area contributed by atoms with Crippen molar-refractivity contribution < 1.29 is 9.53 Å². The van der Waals surface area contributed by atoms with Gasteiger partial charge in [-0.15, -0.1) is 0 Å². The predicted molar refractivity (Wildman–Crippen MR) is 51.8 cm³/mol. The first-order valence-corrected chi connectivity index (χ1v) is 5.14. The molecule has 0 saturated carbocycles. The molecule has 0 radical (unpaired) electrons. The third-order valence-corrected chi connectivity index (χ3v) is 2.38. The highest BCUT2D eigenvalue weighted by Gasteiger charge is 2.14. The van der Waals surface area contributed by atoms with Gasteiger partial charge in [0.15, 0.2) is 0 Å². The number of carbonyl (C=O) groups excluding carboxylic acids is 1. The zero-order valence-corrected chi connectivity index (χ0v) is 8.42. The van der Waals surface area contributed by atoms with Gasteiger partial charge in [-0.25, -0.2) is 0 Å². The summed E-state index contributed by atoms with van der Waals surface area (Å²) in [4.78, 5) is 13.3. The first-order valence-electron chi connectivity index (χ1n) is 5.14. The summed E-state index contributed by atoms with van der Waals surface area (Å²) < 4.78 is 5.25. The van der Waals surface area contributed by atoms with Crippen LogP contribution in [0.3, 0.4) is 0 Å². The number of ketones is 1. The molecule has 1 fully saturated rings. The number of rotatable bonds is 5. The van der Waals surface area contributed by atoms with E-state index in [9.17, 15) is 4.79 Å². The van der Waals surface area contributed by atoms with Gasteiger partial charge in [-0.3, -0.25) is 4.79 Å². The highest BCUT2D eigenvalue weighted by atomic mass is 16.5. The molecule has 13 heavy (non-hydrogen) atoms. The Hall–Kier alpha value is -0.410. The minimum absolute atomic E-state index is 0.418. The Balaban J connectivity index is 1.99. The summed E-state index contributed by atoms with van der Waals surface area (Å²) in [7, 11) is 0. The van der Waals surface area contributed by atoms with E-state index in [0.717, 1.165) is 52.1 Å². The molecule has 0 amide bonds. The SMILES string of the molecule is CCOCCCN1CCC(=O)CC1.